The van der Waals surface area contributed by atoms with Gasteiger partial charge in [-0.15, -0.1) is 0 Å². The molecular weight excluding hydrogens is 415 g/mol. The number of benzene rings is 1. The number of carbonyl (C=O) groups is 3. The largest absolute Gasteiger partial charge is 0.343 e. The van der Waals surface area contributed by atoms with Crippen LogP contribution in [0.2, 0.25) is 10.0 Å². The van der Waals surface area contributed by atoms with Gasteiger partial charge in [0.15, 0.2) is 0 Å². The lowest BCUT2D eigenvalue weighted by molar-refractivity contribution is -0.138. The lowest BCUT2D eigenvalue weighted by Crippen LogP contribution is -2.52. The first kappa shape index (κ1) is 21.1. The van der Waals surface area contributed by atoms with Crippen molar-refractivity contribution in [2.24, 2.45) is 0 Å². The van der Waals surface area contributed by atoms with Gasteiger partial charge in [-0.05, 0) is 30.3 Å². The molecule has 1 aliphatic heterocycles. The lowest BCUT2D eigenvalue weighted by atomic mass is 10.2. The molecule has 29 heavy (non-hydrogen) atoms. The van der Waals surface area contributed by atoms with Crippen LogP contribution < -0.4 is 5.32 Å². The second kappa shape index (κ2) is 9.71. The predicted molar refractivity (Wildman–Crippen MR) is 110 cm³/mol. The molecule has 1 N–H and O–H groups in total. The van der Waals surface area contributed by atoms with Crippen molar-refractivity contribution < 1.29 is 14.4 Å². The number of hydrogen-bond donors (Lipinski definition) is 1. The summed E-state index contributed by atoms with van der Waals surface area (Å²) >= 11 is 11.8. The zero-order valence-corrected chi connectivity index (χ0v) is 17.1. The van der Waals surface area contributed by atoms with E-state index in [2.05, 4.69) is 10.3 Å². The van der Waals surface area contributed by atoms with Crippen LogP contribution in [0.3, 0.4) is 0 Å². The molecule has 3 rings (SSSR count). The van der Waals surface area contributed by atoms with Crippen LogP contribution >= 0.6 is 23.2 Å². The molecule has 0 bridgehead atoms. The smallest absolute Gasteiger partial charge is 0.253 e. The van der Waals surface area contributed by atoms with E-state index < -0.39 is 5.91 Å². The van der Waals surface area contributed by atoms with Gasteiger partial charge in [-0.3, -0.25) is 19.4 Å². The maximum absolute atomic E-state index is 12.4. The molecule has 0 radical (unpaired) electrons. The van der Waals surface area contributed by atoms with Crippen molar-refractivity contribution in [1.82, 2.24) is 20.1 Å². The zero-order chi connectivity index (χ0) is 20.8. The summed E-state index contributed by atoms with van der Waals surface area (Å²) in [6.07, 6.45) is 1.90. The third-order valence-electron chi connectivity index (χ3n) is 4.62. The molecule has 0 spiro atoms. The van der Waals surface area contributed by atoms with Gasteiger partial charge in [0.2, 0.25) is 11.8 Å². The highest BCUT2D eigenvalue weighted by Crippen LogP contribution is 2.20. The molecule has 0 saturated carbocycles. The van der Waals surface area contributed by atoms with E-state index >= 15 is 0 Å². The molecule has 152 valence electrons. The highest BCUT2D eigenvalue weighted by molar-refractivity contribution is 6.36. The molecule has 2 aromatic rings. The summed E-state index contributed by atoms with van der Waals surface area (Å²) in [4.78, 5) is 44.5. The average Bonchev–Trinajstić information content (AvgIpc) is 2.72. The monoisotopic (exact) mass is 434 g/mol. The minimum atomic E-state index is -0.441. The second-order valence-corrected chi connectivity index (χ2v) is 7.41. The molecule has 1 aromatic heterocycles. The quantitative estimate of drug-likeness (QED) is 0.780. The molecule has 2 heterocycles. The first-order valence-corrected chi connectivity index (χ1v) is 9.88. The van der Waals surface area contributed by atoms with Gasteiger partial charge >= 0.3 is 0 Å². The maximum Gasteiger partial charge on any atom is 0.253 e. The number of nitrogens with zero attached hydrogens (tertiary/aromatic N) is 3. The Hall–Kier alpha value is -2.64. The standard InChI is InChI=1S/C20H20Cl2N4O3/c21-14-4-5-16(17(22)11-14)20(29)24-13-19(28)26-9-7-25(8-10-26)18(27)12-15-3-1-2-6-23-15/h1-6,11H,7-10,12-13H2,(H,24,29). The number of pyridine rings is 1. The molecule has 1 aromatic carbocycles. The molecule has 1 aliphatic rings. The van der Waals surface area contributed by atoms with Crippen molar-refractivity contribution in [2.45, 2.75) is 6.42 Å². The van der Waals surface area contributed by atoms with E-state index in [1.165, 1.54) is 12.1 Å². The Morgan fingerprint density at radius 3 is 2.28 bits per heavy atom. The molecule has 0 unspecified atom stereocenters. The molecule has 9 heteroatoms. The Balaban J connectivity index is 1.45. The number of rotatable bonds is 5. The van der Waals surface area contributed by atoms with Crippen LogP contribution in [0.4, 0.5) is 0 Å². The predicted octanol–water partition coefficient (Wildman–Crippen LogP) is 2.03. The molecule has 1 saturated heterocycles. The fraction of sp³-hybridized carbons (Fsp3) is 0.300. The lowest BCUT2D eigenvalue weighted by Gasteiger charge is -2.34. The third kappa shape index (κ3) is 5.68. The van der Waals surface area contributed by atoms with E-state index in [-0.39, 0.29) is 35.4 Å². The van der Waals surface area contributed by atoms with E-state index in [4.69, 9.17) is 23.2 Å². The SMILES string of the molecule is O=C(NCC(=O)N1CCN(C(=O)Cc2ccccn2)CC1)c1ccc(Cl)cc1Cl. The summed E-state index contributed by atoms with van der Waals surface area (Å²) in [5.74, 6) is -0.661. The van der Waals surface area contributed by atoms with E-state index in [9.17, 15) is 14.4 Å². The molecule has 7 nitrogen and oxygen atoms in total. The van der Waals surface area contributed by atoms with Crippen molar-refractivity contribution in [3.05, 3.63) is 63.9 Å². The number of carbonyl (C=O) groups excluding carboxylic acids is 3. The highest BCUT2D eigenvalue weighted by Gasteiger charge is 2.24. The van der Waals surface area contributed by atoms with Crippen molar-refractivity contribution in [1.29, 1.82) is 0 Å². The van der Waals surface area contributed by atoms with Gasteiger partial charge in [0.1, 0.15) is 0 Å². The minimum absolute atomic E-state index is 0.0125. The summed E-state index contributed by atoms with van der Waals surface area (Å²) in [5.41, 5.74) is 0.980. The number of aromatic nitrogens is 1. The van der Waals surface area contributed by atoms with E-state index in [0.29, 0.717) is 31.2 Å². The Kier molecular flexibility index (Phi) is 7.06. The van der Waals surface area contributed by atoms with Crippen LogP contribution in [0.1, 0.15) is 16.1 Å². The first-order chi connectivity index (χ1) is 13.9. The third-order valence-corrected chi connectivity index (χ3v) is 5.17. The van der Waals surface area contributed by atoms with Gasteiger partial charge in [0.25, 0.3) is 5.91 Å². The summed E-state index contributed by atoms with van der Waals surface area (Å²) in [5, 5.41) is 3.23. The normalized spacial score (nSPS) is 13.9. The first-order valence-electron chi connectivity index (χ1n) is 9.13. The van der Waals surface area contributed by atoms with Crippen LogP contribution in [0.15, 0.2) is 42.6 Å². The van der Waals surface area contributed by atoms with Gasteiger partial charge < -0.3 is 15.1 Å². The number of amides is 3. The zero-order valence-electron chi connectivity index (χ0n) is 15.6. The number of hydrogen-bond acceptors (Lipinski definition) is 4. The fourth-order valence-electron chi connectivity index (χ4n) is 3.01. The van der Waals surface area contributed by atoms with Crippen molar-refractivity contribution in [3.63, 3.8) is 0 Å². The molecule has 3 amide bonds. The van der Waals surface area contributed by atoms with Gasteiger partial charge in [0.05, 0.1) is 23.6 Å². The van der Waals surface area contributed by atoms with Gasteiger partial charge in [-0.1, -0.05) is 29.3 Å². The van der Waals surface area contributed by atoms with E-state index in [1.807, 2.05) is 12.1 Å². The van der Waals surface area contributed by atoms with Crippen LogP contribution in [0, 0.1) is 0 Å². The molecule has 1 fully saturated rings. The molecule has 0 atom stereocenters. The van der Waals surface area contributed by atoms with Crippen LogP contribution in [-0.4, -0.2) is 65.2 Å². The minimum Gasteiger partial charge on any atom is -0.343 e. The summed E-state index contributed by atoms with van der Waals surface area (Å²) in [7, 11) is 0. The van der Waals surface area contributed by atoms with Gasteiger partial charge in [0, 0.05) is 43.1 Å². The number of nitrogens with one attached hydrogen (secondary N) is 1. The molecular formula is C20H20Cl2N4O3. The maximum atomic E-state index is 12.4. The van der Waals surface area contributed by atoms with Gasteiger partial charge in [-0.25, -0.2) is 0 Å². The second-order valence-electron chi connectivity index (χ2n) is 6.57. The van der Waals surface area contributed by atoms with Crippen molar-refractivity contribution >= 4 is 40.9 Å². The van der Waals surface area contributed by atoms with Gasteiger partial charge in [-0.2, -0.15) is 0 Å². The average molecular weight is 435 g/mol. The summed E-state index contributed by atoms with van der Waals surface area (Å²) in [6, 6.07) is 10.0. The Bertz CT molecular complexity index is 900. The van der Waals surface area contributed by atoms with Crippen molar-refractivity contribution in [2.75, 3.05) is 32.7 Å². The van der Waals surface area contributed by atoms with Crippen LogP contribution in [0.25, 0.3) is 0 Å². The topological polar surface area (TPSA) is 82.6 Å². The van der Waals surface area contributed by atoms with E-state index in [1.54, 1.807) is 28.1 Å². The van der Waals surface area contributed by atoms with Crippen molar-refractivity contribution in [3.8, 4) is 0 Å². The summed E-state index contributed by atoms with van der Waals surface area (Å²) < 4.78 is 0. The van der Waals surface area contributed by atoms with E-state index in [0.717, 1.165) is 5.69 Å². The summed E-state index contributed by atoms with van der Waals surface area (Å²) in [6.45, 7) is 1.61. The fourth-order valence-corrected chi connectivity index (χ4v) is 3.51. The Morgan fingerprint density at radius 1 is 0.966 bits per heavy atom. The Morgan fingerprint density at radius 2 is 1.66 bits per heavy atom. The van der Waals surface area contributed by atoms with Crippen LogP contribution in [0.5, 0.6) is 0 Å². The molecule has 0 aliphatic carbocycles. The van der Waals surface area contributed by atoms with Crippen LogP contribution in [-0.2, 0) is 16.0 Å². The Labute approximate surface area is 178 Å². The number of halogens is 2. The highest BCUT2D eigenvalue weighted by atomic mass is 35.5. The number of piperazine rings is 1.